The number of imidazole rings is 1. The minimum atomic E-state index is -0.866. The SMILES string of the molecule is Cc1ccc2nc(SCC(=O)N3CC(=O)NC(=O)C34CCCCC4)[nH]c2c1. The number of carbonyl (C=O) groups is 3. The van der Waals surface area contributed by atoms with Crippen molar-refractivity contribution in [3.05, 3.63) is 23.8 Å². The van der Waals surface area contributed by atoms with Crippen molar-refractivity contribution in [2.45, 2.75) is 49.7 Å². The Bertz CT molecular complexity index is 917. The first-order valence-corrected chi connectivity index (χ1v) is 10.2. The number of hydrogen-bond acceptors (Lipinski definition) is 5. The van der Waals surface area contributed by atoms with Crippen LogP contribution < -0.4 is 5.32 Å². The third-order valence-electron chi connectivity index (χ3n) is 5.42. The van der Waals surface area contributed by atoms with E-state index in [0.29, 0.717) is 18.0 Å². The van der Waals surface area contributed by atoms with Gasteiger partial charge in [-0.2, -0.15) is 0 Å². The van der Waals surface area contributed by atoms with Crippen molar-refractivity contribution in [1.29, 1.82) is 0 Å². The van der Waals surface area contributed by atoms with Crippen molar-refractivity contribution in [3.63, 3.8) is 0 Å². The van der Waals surface area contributed by atoms with Crippen molar-refractivity contribution in [2.75, 3.05) is 12.3 Å². The number of amides is 3. The standard InChI is InChI=1S/C19H22N4O3S/c1-12-5-6-13-14(9-12)21-18(20-13)27-11-16(25)23-10-15(24)22-17(26)19(23)7-3-2-4-8-19/h5-6,9H,2-4,7-8,10-11H2,1H3,(H,20,21)(H,22,24,26). The van der Waals surface area contributed by atoms with Crippen molar-refractivity contribution in [1.82, 2.24) is 20.2 Å². The van der Waals surface area contributed by atoms with Gasteiger partial charge in [0.05, 0.1) is 16.8 Å². The molecule has 1 aromatic heterocycles. The fourth-order valence-corrected chi connectivity index (χ4v) is 4.80. The number of rotatable bonds is 3. The van der Waals surface area contributed by atoms with Gasteiger partial charge in [-0.05, 0) is 37.5 Å². The summed E-state index contributed by atoms with van der Waals surface area (Å²) in [6.45, 7) is 1.96. The Labute approximate surface area is 161 Å². The summed E-state index contributed by atoms with van der Waals surface area (Å²) >= 11 is 1.30. The van der Waals surface area contributed by atoms with Gasteiger partial charge in [0.2, 0.25) is 11.8 Å². The van der Waals surface area contributed by atoms with Crippen LogP contribution >= 0.6 is 11.8 Å². The van der Waals surface area contributed by atoms with Gasteiger partial charge in [0.15, 0.2) is 5.16 Å². The van der Waals surface area contributed by atoms with Gasteiger partial charge in [0.25, 0.3) is 5.91 Å². The van der Waals surface area contributed by atoms with Crippen LogP contribution in [0.3, 0.4) is 0 Å². The van der Waals surface area contributed by atoms with Gasteiger partial charge in [0.1, 0.15) is 12.1 Å². The molecule has 2 heterocycles. The molecule has 0 bridgehead atoms. The Balaban J connectivity index is 1.51. The van der Waals surface area contributed by atoms with Crippen molar-refractivity contribution in [3.8, 4) is 0 Å². The molecule has 2 aromatic rings. The molecule has 1 aromatic carbocycles. The lowest BCUT2D eigenvalue weighted by atomic mass is 9.78. The van der Waals surface area contributed by atoms with Gasteiger partial charge in [-0.15, -0.1) is 0 Å². The zero-order chi connectivity index (χ0) is 19.0. The molecule has 0 radical (unpaired) electrons. The van der Waals surface area contributed by atoms with Gasteiger partial charge >= 0.3 is 0 Å². The van der Waals surface area contributed by atoms with E-state index in [1.807, 2.05) is 25.1 Å². The molecule has 1 aliphatic heterocycles. The van der Waals surface area contributed by atoms with Crippen LogP contribution in [-0.4, -0.2) is 50.4 Å². The number of nitrogens with zero attached hydrogens (tertiary/aromatic N) is 2. The van der Waals surface area contributed by atoms with Crippen LogP contribution in [0.15, 0.2) is 23.4 Å². The summed E-state index contributed by atoms with van der Waals surface area (Å²) in [5, 5.41) is 3.09. The number of fused-ring (bicyclic) bond motifs is 1. The Hall–Kier alpha value is -2.35. The summed E-state index contributed by atoms with van der Waals surface area (Å²) < 4.78 is 0. The summed E-state index contributed by atoms with van der Waals surface area (Å²) in [6.07, 6.45) is 4.07. The molecule has 1 spiro atoms. The van der Waals surface area contributed by atoms with E-state index >= 15 is 0 Å². The average molecular weight is 386 g/mol. The minimum absolute atomic E-state index is 0.0511. The van der Waals surface area contributed by atoms with Gasteiger partial charge < -0.3 is 9.88 Å². The highest BCUT2D eigenvalue weighted by molar-refractivity contribution is 7.99. The number of H-pyrrole nitrogens is 1. The summed E-state index contributed by atoms with van der Waals surface area (Å²) in [7, 11) is 0. The van der Waals surface area contributed by atoms with Crippen molar-refractivity contribution >= 4 is 40.5 Å². The van der Waals surface area contributed by atoms with Crippen LogP contribution in [0, 0.1) is 6.92 Å². The number of aromatic amines is 1. The highest BCUT2D eigenvalue weighted by Crippen LogP contribution is 2.36. The lowest BCUT2D eigenvalue weighted by Crippen LogP contribution is -2.69. The molecule has 27 heavy (non-hydrogen) atoms. The Morgan fingerprint density at radius 1 is 1.26 bits per heavy atom. The molecule has 1 saturated heterocycles. The second kappa shape index (κ2) is 6.99. The van der Waals surface area contributed by atoms with E-state index in [1.165, 1.54) is 16.7 Å². The fraction of sp³-hybridized carbons (Fsp3) is 0.474. The monoisotopic (exact) mass is 386 g/mol. The molecule has 3 amide bonds. The van der Waals surface area contributed by atoms with Crippen molar-refractivity contribution in [2.24, 2.45) is 0 Å². The Morgan fingerprint density at radius 2 is 2.04 bits per heavy atom. The Kier molecular flexibility index (Phi) is 4.67. The predicted octanol–water partition coefficient (Wildman–Crippen LogP) is 2.15. The number of hydrogen-bond donors (Lipinski definition) is 2. The van der Waals surface area contributed by atoms with Crippen LogP contribution in [0.25, 0.3) is 11.0 Å². The minimum Gasteiger partial charge on any atom is -0.333 e. The second-order valence-electron chi connectivity index (χ2n) is 7.30. The predicted molar refractivity (Wildman–Crippen MR) is 102 cm³/mol. The molecule has 1 saturated carbocycles. The lowest BCUT2D eigenvalue weighted by molar-refractivity contribution is -0.158. The number of nitrogens with one attached hydrogen (secondary N) is 2. The molecule has 2 aliphatic rings. The van der Waals surface area contributed by atoms with Gasteiger partial charge in [-0.25, -0.2) is 4.98 Å². The van der Waals surface area contributed by atoms with Crippen LogP contribution in [0.5, 0.6) is 0 Å². The zero-order valence-corrected chi connectivity index (χ0v) is 16.0. The molecule has 0 unspecified atom stereocenters. The smallest absolute Gasteiger partial charge is 0.252 e. The van der Waals surface area contributed by atoms with E-state index in [2.05, 4.69) is 15.3 Å². The van der Waals surface area contributed by atoms with E-state index in [-0.39, 0.29) is 24.1 Å². The third-order valence-corrected chi connectivity index (χ3v) is 6.28. The van der Waals surface area contributed by atoms with Gasteiger partial charge in [0, 0.05) is 0 Å². The molecule has 4 rings (SSSR count). The number of carbonyl (C=O) groups excluding carboxylic acids is 3. The zero-order valence-electron chi connectivity index (χ0n) is 15.2. The number of aromatic nitrogens is 2. The van der Waals surface area contributed by atoms with Gasteiger partial charge in [-0.1, -0.05) is 37.1 Å². The Morgan fingerprint density at radius 3 is 2.81 bits per heavy atom. The molecule has 2 N–H and O–H groups in total. The maximum Gasteiger partial charge on any atom is 0.252 e. The van der Waals surface area contributed by atoms with E-state index in [4.69, 9.17) is 0 Å². The topological polar surface area (TPSA) is 95.2 Å². The summed E-state index contributed by atoms with van der Waals surface area (Å²) in [5.74, 6) is -0.785. The average Bonchev–Trinajstić information content (AvgIpc) is 3.05. The number of aryl methyl sites for hydroxylation is 1. The maximum atomic E-state index is 12.9. The van der Waals surface area contributed by atoms with E-state index in [1.54, 1.807) is 0 Å². The molecule has 8 heteroatoms. The molecule has 0 atom stereocenters. The number of benzene rings is 1. The number of piperazine rings is 1. The first kappa shape index (κ1) is 18.0. The van der Waals surface area contributed by atoms with E-state index in [9.17, 15) is 14.4 Å². The summed E-state index contributed by atoms with van der Waals surface area (Å²) in [6, 6.07) is 5.95. The highest BCUT2D eigenvalue weighted by atomic mass is 32.2. The number of thioether (sulfide) groups is 1. The highest BCUT2D eigenvalue weighted by Gasteiger charge is 2.50. The molecule has 7 nitrogen and oxygen atoms in total. The van der Waals surface area contributed by atoms with Crippen LogP contribution in [-0.2, 0) is 14.4 Å². The summed E-state index contributed by atoms with van der Waals surface area (Å²) in [5.41, 5.74) is 2.05. The van der Waals surface area contributed by atoms with Crippen LogP contribution in [0.4, 0.5) is 0 Å². The molecule has 2 fully saturated rings. The maximum absolute atomic E-state index is 12.9. The van der Waals surface area contributed by atoms with Crippen molar-refractivity contribution < 1.29 is 14.4 Å². The van der Waals surface area contributed by atoms with Crippen LogP contribution in [0.2, 0.25) is 0 Å². The van der Waals surface area contributed by atoms with Gasteiger partial charge in [-0.3, -0.25) is 19.7 Å². The number of imide groups is 1. The van der Waals surface area contributed by atoms with E-state index in [0.717, 1.165) is 35.9 Å². The molecular weight excluding hydrogens is 364 g/mol. The molecule has 1 aliphatic carbocycles. The largest absolute Gasteiger partial charge is 0.333 e. The third kappa shape index (κ3) is 3.34. The molecular formula is C19H22N4O3S. The molecule has 142 valence electrons. The fourth-order valence-electron chi connectivity index (χ4n) is 4.04. The van der Waals surface area contributed by atoms with Crippen LogP contribution in [0.1, 0.15) is 37.7 Å². The lowest BCUT2D eigenvalue weighted by Gasteiger charge is -2.47. The second-order valence-corrected chi connectivity index (χ2v) is 8.26. The first-order chi connectivity index (χ1) is 13.0. The quantitative estimate of drug-likeness (QED) is 0.623. The normalized spacial score (nSPS) is 19.5. The first-order valence-electron chi connectivity index (χ1n) is 9.22. The van der Waals surface area contributed by atoms with E-state index < -0.39 is 11.4 Å². The summed E-state index contributed by atoms with van der Waals surface area (Å²) in [4.78, 5) is 46.6.